The van der Waals surface area contributed by atoms with Crippen LogP contribution in [0, 0.1) is 0 Å². The second-order valence-electron chi connectivity index (χ2n) is 8.28. The van der Waals surface area contributed by atoms with Crippen molar-refractivity contribution in [3.8, 4) is 0 Å². The lowest BCUT2D eigenvalue weighted by Gasteiger charge is -2.11. The number of aromatic nitrogens is 1. The molecule has 0 spiro atoms. The summed E-state index contributed by atoms with van der Waals surface area (Å²) >= 11 is 6.34. The van der Waals surface area contributed by atoms with Crippen LogP contribution in [-0.4, -0.2) is 24.0 Å². The lowest BCUT2D eigenvalue weighted by Crippen LogP contribution is -2.17. The Labute approximate surface area is 211 Å². The van der Waals surface area contributed by atoms with Crippen LogP contribution in [0.25, 0.3) is 0 Å². The third-order valence-electron chi connectivity index (χ3n) is 5.63. The minimum atomic E-state index is -0.246. The molecular weight excluding hydrogens is 456 g/mol. The lowest BCUT2D eigenvalue weighted by atomic mass is 10.1. The van der Waals surface area contributed by atoms with Gasteiger partial charge in [-0.05, 0) is 60.3 Å². The number of carbonyl (C=O) groups excluding carboxylic acids is 1. The number of anilines is 2. The third-order valence-corrected chi connectivity index (χ3v) is 5.96. The van der Waals surface area contributed by atoms with Crippen molar-refractivity contribution in [2.45, 2.75) is 19.4 Å². The predicted octanol–water partition coefficient (Wildman–Crippen LogP) is 5.97. The van der Waals surface area contributed by atoms with E-state index in [0.29, 0.717) is 22.8 Å². The van der Waals surface area contributed by atoms with Crippen molar-refractivity contribution in [1.82, 2.24) is 10.3 Å². The van der Waals surface area contributed by atoms with E-state index in [-0.39, 0.29) is 5.91 Å². The Morgan fingerprint density at radius 2 is 1.46 bits per heavy atom. The van der Waals surface area contributed by atoms with E-state index in [1.165, 1.54) is 11.1 Å². The standard InChI is InChI=1S/C29H29ClN4O/c30-26-13-11-24(20-31-17-15-22-7-3-1-4-8-22)19-27(26)34-29(35)25-12-14-28(33-21-25)32-18-16-23-9-5-2-6-10-23/h1-14,19,21,31H,15-18,20H2,(H,32,33)(H,34,35). The third kappa shape index (κ3) is 7.67. The molecule has 4 rings (SSSR count). The van der Waals surface area contributed by atoms with Gasteiger partial charge in [-0.25, -0.2) is 4.98 Å². The molecule has 0 atom stereocenters. The number of halogens is 1. The lowest BCUT2D eigenvalue weighted by molar-refractivity contribution is 0.102. The van der Waals surface area contributed by atoms with Gasteiger partial charge in [0.2, 0.25) is 0 Å². The van der Waals surface area contributed by atoms with Crippen LogP contribution in [0.4, 0.5) is 11.5 Å². The van der Waals surface area contributed by atoms with Gasteiger partial charge in [0.05, 0.1) is 16.3 Å². The highest BCUT2D eigenvalue weighted by Crippen LogP contribution is 2.24. The fourth-order valence-corrected chi connectivity index (χ4v) is 3.86. The number of benzene rings is 3. The highest BCUT2D eigenvalue weighted by molar-refractivity contribution is 6.34. The van der Waals surface area contributed by atoms with Crippen LogP contribution in [0.15, 0.2) is 97.2 Å². The first kappa shape index (κ1) is 24.5. The number of nitrogens with one attached hydrogen (secondary N) is 3. The quantitative estimate of drug-likeness (QED) is 0.229. The van der Waals surface area contributed by atoms with E-state index in [1.807, 2.05) is 48.5 Å². The molecule has 1 amide bonds. The molecule has 178 valence electrons. The summed E-state index contributed by atoms with van der Waals surface area (Å²) in [5, 5.41) is 10.1. The Morgan fingerprint density at radius 3 is 2.11 bits per heavy atom. The Bertz CT molecular complexity index is 1210. The Morgan fingerprint density at radius 1 is 0.771 bits per heavy atom. The molecule has 0 saturated heterocycles. The van der Waals surface area contributed by atoms with E-state index in [0.717, 1.165) is 37.3 Å². The minimum Gasteiger partial charge on any atom is -0.370 e. The summed E-state index contributed by atoms with van der Waals surface area (Å²) in [6.07, 6.45) is 3.44. The van der Waals surface area contributed by atoms with Crippen LogP contribution in [0.3, 0.4) is 0 Å². The smallest absolute Gasteiger partial charge is 0.257 e. The normalized spacial score (nSPS) is 10.7. The van der Waals surface area contributed by atoms with Gasteiger partial charge in [0.25, 0.3) is 5.91 Å². The van der Waals surface area contributed by atoms with E-state index in [4.69, 9.17) is 11.6 Å². The van der Waals surface area contributed by atoms with E-state index < -0.39 is 0 Å². The molecule has 0 saturated carbocycles. The van der Waals surface area contributed by atoms with Crippen LogP contribution in [-0.2, 0) is 19.4 Å². The summed E-state index contributed by atoms with van der Waals surface area (Å²) in [7, 11) is 0. The Hall–Kier alpha value is -3.67. The zero-order valence-corrected chi connectivity index (χ0v) is 20.3. The number of carbonyl (C=O) groups is 1. The van der Waals surface area contributed by atoms with Crippen molar-refractivity contribution in [2.24, 2.45) is 0 Å². The second-order valence-corrected chi connectivity index (χ2v) is 8.68. The van der Waals surface area contributed by atoms with Gasteiger partial charge in [0.1, 0.15) is 5.82 Å². The van der Waals surface area contributed by atoms with E-state index in [2.05, 4.69) is 57.3 Å². The van der Waals surface area contributed by atoms with Gasteiger partial charge in [-0.3, -0.25) is 4.79 Å². The molecule has 0 aliphatic rings. The molecule has 0 bridgehead atoms. The molecule has 1 aromatic heterocycles. The highest BCUT2D eigenvalue weighted by Gasteiger charge is 2.10. The molecule has 3 N–H and O–H groups in total. The summed E-state index contributed by atoms with van der Waals surface area (Å²) in [6, 6.07) is 29.9. The van der Waals surface area contributed by atoms with Gasteiger partial charge in [0.15, 0.2) is 0 Å². The SMILES string of the molecule is O=C(Nc1cc(CNCCc2ccccc2)ccc1Cl)c1ccc(NCCc2ccccc2)nc1. The van der Waals surface area contributed by atoms with E-state index in [1.54, 1.807) is 12.3 Å². The molecule has 35 heavy (non-hydrogen) atoms. The Balaban J connectivity index is 1.26. The summed E-state index contributed by atoms with van der Waals surface area (Å²) in [6.45, 7) is 2.33. The second kappa shape index (κ2) is 12.7. The van der Waals surface area contributed by atoms with Crippen LogP contribution in [0.1, 0.15) is 27.0 Å². The topological polar surface area (TPSA) is 66.1 Å². The monoisotopic (exact) mass is 484 g/mol. The molecule has 3 aromatic carbocycles. The van der Waals surface area contributed by atoms with Crippen molar-refractivity contribution >= 4 is 29.0 Å². The van der Waals surface area contributed by atoms with Crippen LogP contribution in [0.2, 0.25) is 5.02 Å². The van der Waals surface area contributed by atoms with Crippen LogP contribution < -0.4 is 16.0 Å². The number of pyridine rings is 1. The maximum atomic E-state index is 12.8. The predicted molar refractivity (Wildman–Crippen MR) is 144 cm³/mol. The van der Waals surface area contributed by atoms with Gasteiger partial charge in [-0.1, -0.05) is 78.3 Å². The fourth-order valence-electron chi connectivity index (χ4n) is 3.70. The molecule has 0 fully saturated rings. The molecule has 0 unspecified atom stereocenters. The maximum absolute atomic E-state index is 12.8. The number of nitrogens with zero attached hydrogens (tertiary/aromatic N) is 1. The largest absolute Gasteiger partial charge is 0.370 e. The molecule has 0 aliphatic carbocycles. The molecular formula is C29H29ClN4O. The first-order valence-electron chi connectivity index (χ1n) is 11.8. The van der Waals surface area contributed by atoms with E-state index in [9.17, 15) is 4.79 Å². The summed E-state index contributed by atoms with van der Waals surface area (Å²) in [5.74, 6) is 0.489. The zero-order chi connectivity index (χ0) is 24.3. The van der Waals surface area contributed by atoms with Crippen LogP contribution in [0.5, 0.6) is 0 Å². The number of rotatable bonds is 11. The average molecular weight is 485 g/mol. The van der Waals surface area contributed by atoms with Crippen molar-refractivity contribution in [3.63, 3.8) is 0 Å². The van der Waals surface area contributed by atoms with Gasteiger partial charge in [0, 0.05) is 19.3 Å². The number of hydrogen-bond acceptors (Lipinski definition) is 4. The zero-order valence-electron chi connectivity index (χ0n) is 19.5. The van der Waals surface area contributed by atoms with Gasteiger partial charge >= 0.3 is 0 Å². The number of hydrogen-bond donors (Lipinski definition) is 3. The summed E-state index contributed by atoms with van der Waals surface area (Å²) in [5.41, 5.74) is 4.68. The van der Waals surface area contributed by atoms with Gasteiger partial charge in [-0.2, -0.15) is 0 Å². The summed E-state index contributed by atoms with van der Waals surface area (Å²) < 4.78 is 0. The number of amides is 1. The highest BCUT2D eigenvalue weighted by atomic mass is 35.5. The average Bonchev–Trinajstić information content (AvgIpc) is 2.90. The van der Waals surface area contributed by atoms with Crippen LogP contribution >= 0.6 is 11.6 Å². The Kier molecular flexibility index (Phi) is 8.87. The molecule has 6 heteroatoms. The van der Waals surface area contributed by atoms with Gasteiger partial charge in [-0.15, -0.1) is 0 Å². The first-order chi connectivity index (χ1) is 17.2. The van der Waals surface area contributed by atoms with Gasteiger partial charge < -0.3 is 16.0 Å². The van der Waals surface area contributed by atoms with Crippen molar-refractivity contribution in [2.75, 3.05) is 23.7 Å². The molecule has 1 heterocycles. The first-order valence-corrected chi connectivity index (χ1v) is 12.1. The molecule has 0 aliphatic heterocycles. The molecule has 5 nitrogen and oxygen atoms in total. The van der Waals surface area contributed by atoms with E-state index >= 15 is 0 Å². The molecule has 4 aromatic rings. The fraction of sp³-hybridized carbons (Fsp3) is 0.172. The minimum absolute atomic E-state index is 0.246. The van der Waals surface area contributed by atoms with Crippen molar-refractivity contribution in [1.29, 1.82) is 0 Å². The summed E-state index contributed by atoms with van der Waals surface area (Å²) in [4.78, 5) is 17.1. The maximum Gasteiger partial charge on any atom is 0.257 e. The van der Waals surface area contributed by atoms with Crippen molar-refractivity contribution < 1.29 is 4.79 Å². The molecule has 0 radical (unpaired) electrons. The van der Waals surface area contributed by atoms with Crippen molar-refractivity contribution in [3.05, 3.63) is 124 Å².